The minimum Gasteiger partial charge on any atom is -0.319 e. The van der Waals surface area contributed by atoms with E-state index in [4.69, 9.17) is 10.5 Å². The summed E-state index contributed by atoms with van der Waals surface area (Å²) in [5.41, 5.74) is 3.27. The van der Waals surface area contributed by atoms with E-state index in [1.807, 2.05) is 34.1 Å². The minimum atomic E-state index is 0.0173. The Bertz CT molecular complexity index is 743. The first kappa shape index (κ1) is 15.6. The molecule has 118 valence electrons. The molecular weight excluding hydrogens is 300 g/mol. The predicted molar refractivity (Wildman–Crippen MR) is 88.5 cm³/mol. The van der Waals surface area contributed by atoms with Gasteiger partial charge in [0.15, 0.2) is 0 Å². The van der Waals surface area contributed by atoms with Crippen molar-refractivity contribution < 1.29 is 4.79 Å². The fraction of sp³-hybridized carbons (Fsp3) is 0.211. The van der Waals surface area contributed by atoms with Gasteiger partial charge in [0.1, 0.15) is 0 Å². The first-order valence-electron chi connectivity index (χ1n) is 7.71. The molecule has 1 aliphatic rings. The van der Waals surface area contributed by atoms with E-state index in [-0.39, 0.29) is 6.03 Å². The number of nitrogens with zero attached hydrogens (tertiary/aromatic N) is 4. The van der Waals surface area contributed by atoms with Crippen molar-refractivity contribution in [2.45, 2.75) is 13.1 Å². The van der Waals surface area contributed by atoms with Crippen molar-refractivity contribution in [1.82, 2.24) is 9.80 Å². The zero-order valence-electron chi connectivity index (χ0n) is 13.1. The Morgan fingerprint density at radius 2 is 1.12 bits per heavy atom. The number of amides is 2. The molecule has 0 spiro atoms. The quantitative estimate of drug-likeness (QED) is 0.870. The van der Waals surface area contributed by atoms with Crippen LogP contribution in [0, 0.1) is 22.7 Å². The van der Waals surface area contributed by atoms with E-state index in [1.54, 1.807) is 24.3 Å². The largest absolute Gasteiger partial charge is 0.320 e. The fourth-order valence-electron chi connectivity index (χ4n) is 2.74. The van der Waals surface area contributed by atoms with Crippen LogP contribution in [-0.4, -0.2) is 28.9 Å². The van der Waals surface area contributed by atoms with E-state index in [0.717, 1.165) is 11.1 Å². The molecule has 3 rings (SSSR count). The Morgan fingerprint density at radius 1 is 0.750 bits per heavy atom. The SMILES string of the molecule is N#Cc1ccc(CN2CCN(Cc3ccc(C#N)cc3)C2=O)cc1. The highest BCUT2D eigenvalue weighted by Gasteiger charge is 2.28. The molecule has 1 saturated heterocycles. The molecule has 0 aliphatic carbocycles. The van der Waals surface area contributed by atoms with Crippen molar-refractivity contribution >= 4 is 6.03 Å². The lowest BCUT2D eigenvalue weighted by atomic mass is 10.1. The second-order valence-corrected chi connectivity index (χ2v) is 5.74. The fourth-order valence-corrected chi connectivity index (χ4v) is 2.74. The molecule has 24 heavy (non-hydrogen) atoms. The van der Waals surface area contributed by atoms with Gasteiger partial charge in [0, 0.05) is 26.2 Å². The average molecular weight is 316 g/mol. The zero-order valence-corrected chi connectivity index (χ0v) is 13.1. The van der Waals surface area contributed by atoms with Gasteiger partial charge in [0.25, 0.3) is 0 Å². The first-order chi connectivity index (χ1) is 11.7. The Hall–Kier alpha value is -3.31. The van der Waals surface area contributed by atoms with Gasteiger partial charge in [-0.2, -0.15) is 10.5 Å². The summed E-state index contributed by atoms with van der Waals surface area (Å²) in [5.74, 6) is 0. The maximum Gasteiger partial charge on any atom is 0.320 e. The smallest absolute Gasteiger partial charge is 0.319 e. The lowest BCUT2D eigenvalue weighted by molar-refractivity contribution is 0.189. The molecule has 2 aromatic carbocycles. The van der Waals surface area contributed by atoms with Crippen LogP contribution in [0.3, 0.4) is 0 Å². The van der Waals surface area contributed by atoms with Gasteiger partial charge in [-0.3, -0.25) is 0 Å². The Kier molecular flexibility index (Phi) is 4.45. The van der Waals surface area contributed by atoms with Gasteiger partial charge < -0.3 is 9.80 Å². The molecule has 2 amide bonds. The molecule has 2 aromatic rings. The Morgan fingerprint density at radius 3 is 1.46 bits per heavy atom. The molecular formula is C19H16N4O. The third-order valence-corrected chi connectivity index (χ3v) is 4.09. The van der Waals surface area contributed by atoms with Gasteiger partial charge in [-0.25, -0.2) is 4.79 Å². The van der Waals surface area contributed by atoms with Crippen LogP contribution < -0.4 is 0 Å². The monoisotopic (exact) mass is 316 g/mol. The summed E-state index contributed by atoms with van der Waals surface area (Å²) in [6, 6.07) is 18.8. The van der Waals surface area contributed by atoms with E-state index in [9.17, 15) is 4.79 Å². The molecule has 0 atom stereocenters. The summed E-state index contributed by atoms with van der Waals surface area (Å²) < 4.78 is 0. The van der Waals surface area contributed by atoms with Crippen molar-refractivity contribution in [2.75, 3.05) is 13.1 Å². The third kappa shape index (κ3) is 3.37. The molecule has 5 heteroatoms. The topological polar surface area (TPSA) is 71.1 Å². The Balaban J connectivity index is 1.61. The van der Waals surface area contributed by atoms with E-state index in [1.165, 1.54) is 0 Å². The number of carbonyl (C=O) groups is 1. The lowest BCUT2D eigenvalue weighted by Gasteiger charge is -2.19. The molecule has 0 aromatic heterocycles. The third-order valence-electron chi connectivity index (χ3n) is 4.09. The molecule has 1 aliphatic heterocycles. The molecule has 0 bridgehead atoms. The van der Waals surface area contributed by atoms with Crippen molar-refractivity contribution in [3.63, 3.8) is 0 Å². The predicted octanol–water partition coefficient (Wildman–Crippen LogP) is 2.87. The van der Waals surface area contributed by atoms with E-state index in [2.05, 4.69) is 12.1 Å². The van der Waals surface area contributed by atoms with Crippen molar-refractivity contribution in [3.05, 3.63) is 70.8 Å². The number of rotatable bonds is 4. The highest BCUT2D eigenvalue weighted by Crippen LogP contribution is 2.17. The summed E-state index contributed by atoms with van der Waals surface area (Å²) in [7, 11) is 0. The average Bonchev–Trinajstić information content (AvgIpc) is 2.96. The van der Waals surface area contributed by atoms with Crippen LogP contribution in [-0.2, 0) is 13.1 Å². The molecule has 0 unspecified atom stereocenters. The van der Waals surface area contributed by atoms with Gasteiger partial charge in [0.05, 0.1) is 23.3 Å². The van der Waals surface area contributed by atoms with Crippen molar-refractivity contribution in [2.24, 2.45) is 0 Å². The van der Waals surface area contributed by atoms with Gasteiger partial charge in [-0.15, -0.1) is 0 Å². The van der Waals surface area contributed by atoms with E-state index < -0.39 is 0 Å². The van der Waals surface area contributed by atoms with Gasteiger partial charge in [-0.1, -0.05) is 24.3 Å². The molecule has 0 N–H and O–H groups in total. The molecule has 0 saturated carbocycles. The summed E-state index contributed by atoms with van der Waals surface area (Å²) in [6.45, 7) is 2.48. The first-order valence-corrected chi connectivity index (χ1v) is 7.71. The van der Waals surface area contributed by atoms with Gasteiger partial charge >= 0.3 is 6.03 Å². The number of hydrogen-bond acceptors (Lipinski definition) is 3. The molecule has 5 nitrogen and oxygen atoms in total. The van der Waals surface area contributed by atoms with Crippen LogP contribution in [0.15, 0.2) is 48.5 Å². The maximum atomic E-state index is 12.5. The number of benzene rings is 2. The summed E-state index contributed by atoms with van der Waals surface area (Å²) in [5, 5.41) is 17.6. The number of hydrogen-bond donors (Lipinski definition) is 0. The van der Waals surface area contributed by atoms with Crippen LogP contribution in [0.2, 0.25) is 0 Å². The van der Waals surface area contributed by atoms with Crippen LogP contribution in [0.5, 0.6) is 0 Å². The van der Waals surface area contributed by atoms with Gasteiger partial charge in [0.2, 0.25) is 0 Å². The van der Waals surface area contributed by atoms with E-state index >= 15 is 0 Å². The van der Waals surface area contributed by atoms with Crippen LogP contribution in [0.1, 0.15) is 22.3 Å². The Labute approximate surface area is 141 Å². The number of nitriles is 2. The second kappa shape index (κ2) is 6.85. The van der Waals surface area contributed by atoms with Crippen LogP contribution >= 0.6 is 0 Å². The van der Waals surface area contributed by atoms with Crippen molar-refractivity contribution in [1.29, 1.82) is 10.5 Å². The van der Waals surface area contributed by atoms with E-state index in [0.29, 0.717) is 37.3 Å². The minimum absolute atomic E-state index is 0.0173. The highest BCUT2D eigenvalue weighted by molar-refractivity contribution is 5.76. The molecule has 0 radical (unpaired) electrons. The second-order valence-electron chi connectivity index (χ2n) is 5.74. The summed E-state index contributed by atoms with van der Waals surface area (Å²) >= 11 is 0. The summed E-state index contributed by atoms with van der Waals surface area (Å²) in [4.78, 5) is 16.1. The highest BCUT2D eigenvalue weighted by atomic mass is 16.2. The standard InChI is InChI=1S/C19H16N4O/c20-11-15-1-5-17(6-2-15)13-22-9-10-23(19(22)24)14-18-7-3-16(12-21)4-8-18/h1-8H,9-10,13-14H2. The van der Waals surface area contributed by atoms with Gasteiger partial charge in [-0.05, 0) is 35.4 Å². The zero-order chi connectivity index (χ0) is 16.9. The summed E-state index contributed by atoms with van der Waals surface area (Å²) in [6.07, 6.45) is 0. The molecule has 1 heterocycles. The van der Waals surface area contributed by atoms with Crippen LogP contribution in [0.4, 0.5) is 4.79 Å². The maximum absolute atomic E-state index is 12.5. The lowest BCUT2D eigenvalue weighted by Crippen LogP contribution is -2.31. The molecule has 1 fully saturated rings. The van der Waals surface area contributed by atoms with Crippen LogP contribution in [0.25, 0.3) is 0 Å². The number of carbonyl (C=O) groups excluding carboxylic acids is 1. The normalized spacial score (nSPS) is 13.7. The number of urea groups is 1. The van der Waals surface area contributed by atoms with Crippen molar-refractivity contribution in [3.8, 4) is 12.1 Å².